The number of anilines is 1. The van der Waals surface area contributed by atoms with Crippen molar-refractivity contribution in [2.45, 2.75) is 59.0 Å². The second-order valence-electron chi connectivity index (χ2n) is 11.8. The van der Waals surface area contributed by atoms with Gasteiger partial charge in [0.15, 0.2) is 5.65 Å². The number of fused-ring (bicyclic) bond motifs is 1. The summed E-state index contributed by atoms with van der Waals surface area (Å²) in [6.45, 7) is 11.1. The second kappa shape index (κ2) is 13.4. The van der Waals surface area contributed by atoms with Crippen molar-refractivity contribution in [3.8, 4) is 17.0 Å². The Bertz CT molecular complexity index is 1670. The molecular weight excluding hydrogens is 574 g/mol. The van der Waals surface area contributed by atoms with Crippen LogP contribution in [0, 0.1) is 0 Å². The van der Waals surface area contributed by atoms with Gasteiger partial charge in [0.2, 0.25) is 0 Å². The first kappa shape index (κ1) is 31.5. The van der Waals surface area contributed by atoms with E-state index in [0.717, 1.165) is 11.3 Å². The predicted molar refractivity (Wildman–Crippen MR) is 170 cm³/mol. The van der Waals surface area contributed by atoms with Crippen LogP contribution < -0.4 is 10.1 Å². The lowest BCUT2D eigenvalue weighted by Gasteiger charge is -2.33. The van der Waals surface area contributed by atoms with Gasteiger partial charge < -0.3 is 24.4 Å². The summed E-state index contributed by atoms with van der Waals surface area (Å²) in [6.07, 6.45) is 2.61. The first-order chi connectivity index (χ1) is 21.5. The molecule has 11 nitrogen and oxygen atoms in total. The lowest BCUT2D eigenvalue weighted by Crippen LogP contribution is -2.41. The van der Waals surface area contributed by atoms with E-state index in [0.29, 0.717) is 66.4 Å². The highest BCUT2D eigenvalue weighted by molar-refractivity contribution is 6.05. The predicted octanol–water partition coefficient (Wildman–Crippen LogP) is 6.34. The molecule has 4 aromatic rings. The molecule has 2 aromatic heterocycles. The van der Waals surface area contributed by atoms with Crippen molar-refractivity contribution in [3.63, 3.8) is 0 Å². The van der Waals surface area contributed by atoms with Crippen molar-refractivity contribution < 1.29 is 28.6 Å². The number of ether oxygens (including phenoxy) is 3. The zero-order valence-corrected chi connectivity index (χ0v) is 26.3. The topological polar surface area (TPSA) is 124 Å². The third kappa shape index (κ3) is 7.60. The molecule has 0 saturated carbocycles. The standard InChI is InChI=1S/C34H39N5O6/c1-6-43-26-14-10-22(11-15-26)28-20-29-36-30(23-16-18-38(19-17-23)33(42)45-34(3,4)5)27(21-39(29)37-28)31(40)35-25-12-8-24(9-13-25)32(41)44-7-2/h8-15,20-21,23H,6-7,16-19H2,1-5H3,(H,35,40). The third-order valence-electron chi connectivity index (χ3n) is 7.37. The summed E-state index contributed by atoms with van der Waals surface area (Å²) in [4.78, 5) is 45.2. The molecule has 2 amide bonds. The zero-order chi connectivity index (χ0) is 32.1. The fourth-order valence-electron chi connectivity index (χ4n) is 5.22. The molecule has 236 valence electrons. The third-order valence-corrected chi connectivity index (χ3v) is 7.37. The molecule has 0 unspecified atom stereocenters. The Morgan fingerprint density at radius 3 is 2.27 bits per heavy atom. The van der Waals surface area contributed by atoms with Crippen molar-refractivity contribution in [2.75, 3.05) is 31.6 Å². The lowest BCUT2D eigenvalue weighted by molar-refractivity contribution is 0.0203. The first-order valence-electron chi connectivity index (χ1n) is 15.2. The monoisotopic (exact) mass is 613 g/mol. The Hall–Kier alpha value is -4.93. The van der Waals surface area contributed by atoms with Crippen LogP contribution in [0.15, 0.2) is 60.8 Å². The fourth-order valence-corrected chi connectivity index (χ4v) is 5.22. The molecule has 45 heavy (non-hydrogen) atoms. The lowest BCUT2D eigenvalue weighted by atomic mass is 9.90. The maximum absolute atomic E-state index is 13.8. The fraction of sp³-hybridized carbons (Fsp3) is 0.382. The van der Waals surface area contributed by atoms with Gasteiger partial charge in [-0.3, -0.25) is 4.79 Å². The van der Waals surface area contributed by atoms with Gasteiger partial charge in [-0.05, 0) is 96.0 Å². The van der Waals surface area contributed by atoms with E-state index in [9.17, 15) is 14.4 Å². The Morgan fingerprint density at radius 1 is 0.956 bits per heavy atom. The first-order valence-corrected chi connectivity index (χ1v) is 15.2. The van der Waals surface area contributed by atoms with E-state index in [2.05, 4.69) is 5.32 Å². The molecule has 0 atom stereocenters. The van der Waals surface area contributed by atoms with Gasteiger partial charge in [-0.25, -0.2) is 19.1 Å². The van der Waals surface area contributed by atoms with Gasteiger partial charge in [0.25, 0.3) is 5.91 Å². The Morgan fingerprint density at radius 2 is 1.64 bits per heavy atom. The molecule has 1 saturated heterocycles. The number of likely N-dealkylation sites (tertiary alicyclic amines) is 1. The molecule has 2 aromatic carbocycles. The molecule has 0 spiro atoms. The minimum Gasteiger partial charge on any atom is -0.494 e. The number of hydrogen-bond donors (Lipinski definition) is 1. The number of aromatic nitrogens is 3. The maximum atomic E-state index is 13.8. The van der Waals surface area contributed by atoms with E-state index in [4.69, 9.17) is 24.3 Å². The smallest absolute Gasteiger partial charge is 0.410 e. The second-order valence-corrected chi connectivity index (χ2v) is 11.8. The zero-order valence-electron chi connectivity index (χ0n) is 26.3. The van der Waals surface area contributed by atoms with Gasteiger partial charge in [0.05, 0.1) is 35.7 Å². The van der Waals surface area contributed by atoms with E-state index in [-0.39, 0.29) is 24.5 Å². The molecule has 1 aliphatic rings. The van der Waals surface area contributed by atoms with Crippen molar-refractivity contribution in [1.29, 1.82) is 0 Å². The largest absolute Gasteiger partial charge is 0.494 e. The quantitative estimate of drug-likeness (QED) is 0.228. The minimum absolute atomic E-state index is 0.0653. The van der Waals surface area contributed by atoms with Crippen molar-refractivity contribution in [1.82, 2.24) is 19.5 Å². The van der Waals surface area contributed by atoms with E-state index < -0.39 is 11.6 Å². The van der Waals surface area contributed by atoms with Gasteiger partial charge in [-0.15, -0.1) is 0 Å². The molecule has 1 fully saturated rings. The van der Waals surface area contributed by atoms with Crippen LogP contribution in [0.3, 0.4) is 0 Å². The van der Waals surface area contributed by atoms with E-state index in [1.807, 2.05) is 58.0 Å². The summed E-state index contributed by atoms with van der Waals surface area (Å²) in [7, 11) is 0. The molecule has 3 heterocycles. The number of piperidine rings is 1. The van der Waals surface area contributed by atoms with Crippen LogP contribution in [0.5, 0.6) is 5.75 Å². The normalized spacial score (nSPS) is 13.8. The summed E-state index contributed by atoms with van der Waals surface area (Å²) < 4.78 is 17.8. The number of esters is 1. The highest BCUT2D eigenvalue weighted by Gasteiger charge is 2.31. The number of carbonyl (C=O) groups is 3. The van der Waals surface area contributed by atoms with Crippen LogP contribution in [-0.4, -0.2) is 69.4 Å². The van der Waals surface area contributed by atoms with Gasteiger partial charge in [0.1, 0.15) is 11.4 Å². The summed E-state index contributed by atoms with van der Waals surface area (Å²) in [5.41, 5.74) is 3.58. The summed E-state index contributed by atoms with van der Waals surface area (Å²) in [5.74, 6) is -0.0649. The number of rotatable bonds is 8. The molecule has 0 bridgehead atoms. The maximum Gasteiger partial charge on any atom is 0.410 e. The Kier molecular flexibility index (Phi) is 9.36. The Balaban J connectivity index is 1.44. The molecular formula is C34H39N5O6. The SMILES string of the molecule is CCOC(=O)c1ccc(NC(=O)c2cn3nc(-c4ccc(OCC)cc4)cc3nc2C2CCN(C(=O)OC(C)(C)C)CC2)cc1. The van der Waals surface area contributed by atoms with Crippen LogP contribution in [0.25, 0.3) is 16.9 Å². The van der Waals surface area contributed by atoms with Crippen LogP contribution in [0.1, 0.15) is 79.8 Å². The summed E-state index contributed by atoms with van der Waals surface area (Å²) in [5, 5.41) is 7.66. The minimum atomic E-state index is -0.580. The highest BCUT2D eigenvalue weighted by atomic mass is 16.6. The summed E-state index contributed by atoms with van der Waals surface area (Å²) >= 11 is 0. The number of nitrogens with one attached hydrogen (secondary N) is 1. The van der Waals surface area contributed by atoms with Gasteiger partial charge in [0, 0.05) is 42.5 Å². The van der Waals surface area contributed by atoms with Gasteiger partial charge in [-0.1, -0.05) is 0 Å². The molecule has 0 radical (unpaired) electrons. The molecule has 5 rings (SSSR count). The molecule has 1 N–H and O–H groups in total. The Labute approximate surface area is 262 Å². The van der Waals surface area contributed by atoms with Crippen LogP contribution in [0.4, 0.5) is 10.5 Å². The average molecular weight is 614 g/mol. The number of amides is 2. The van der Waals surface area contributed by atoms with E-state index >= 15 is 0 Å². The van der Waals surface area contributed by atoms with Crippen LogP contribution in [-0.2, 0) is 9.47 Å². The number of nitrogens with zero attached hydrogens (tertiary/aromatic N) is 4. The molecule has 0 aliphatic carbocycles. The van der Waals surface area contributed by atoms with Gasteiger partial charge in [-0.2, -0.15) is 5.10 Å². The highest BCUT2D eigenvalue weighted by Crippen LogP contribution is 2.32. The van der Waals surface area contributed by atoms with Crippen molar-refractivity contribution >= 4 is 29.3 Å². The van der Waals surface area contributed by atoms with E-state index in [1.165, 1.54) is 0 Å². The molecule has 1 aliphatic heterocycles. The van der Waals surface area contributed by atoms with E-state index in [1.54, 1.807) is 46.8 Å². The molecule has 11 heteroatoms. The average Bonchev–Trinajstić information content (AvgIpc) is 3.44. The van der Waals surface area contributed by atoms with Crippen LogP contribution >= 0.6 is 0 Å². The number of benzene rings is 2. The van der Waals surface area contributed by atoms with Gasteiger partial charge >= 0.3 is 12.1 Å². The van der Waals surface area contributed by atoms with Crippen molar-refractivity contribution in [2.24, 2.45) is 0 Å². The van der Waals surface area contributed by atoms with Crippen LogP contribution in [0.2, 0.25) is 0 Å². The summed E-state index contributed by atoms with van der Waals surface area (Å²) in [6, 6.07) is 16.1. The number of hydrogen-bond acceptors (Lipinski definition) is 8. The van der Waals surface area contributed by atoms with Crippen molar-refractivity contribution in [3.05, 3.63) is 77.6 Å². The number of carbonyl (C=O) groups excluding carboxylic acids is 3.